The van der Waals surface area contributed by atoms with Gasteiger partial charge in [0.1, 0.15) is 16.9 Å². The van der Waals surface area contributed by atoms with Crippen LogP contribution in [-0.4, -0.2) is 9.97 Å². The van der Waals surface area contributed by atoms with E-state index in [1.54, 1.807) is 12.5 Å². The fraction of sp³-hybridized carbons (Fsp3) is 0. The van der Waals surface area contributed by atoms with Gasteiger partial charge in [0.25, 0.3) is 0 Å². The molecule has 0 saturated heterocycles. The highest BCUT2D eigenvalue weighted by Crippen LogP contribution is 2.38. The third-order valence-corrected chi connectivity index (χ3v) is 5.63. The maximum Gasteiger partial charge on any atom is 0.154 e. The van der Waals surface area contributed by atoms with E-state index in [-0.39, 0.29) is 0 Å². The zero-order valence-corrected chi connectivity index (χ0v) is 16.4. The van der Waals surface area contributed by atoms with Crippen LogP contribution in [-0.2, 0) is 0 Å². The van der Waals surface area contributed by atoms with Crippen molar-refractivity contribution in [2.75, 3.05) is 0 Å². The van der Waals surface area contributed by atoms with Crippen molar-refractivity contribution in [1.82, 2.24) is 9.97 Å². The fourth-order valence-electron chi connectivity index (χ4n) is 3.04. The van der Waals surface area contributed by atoms with Gasteiger partial charge in [-0.25, -0.2) is 9.97 Å². The molecule has 0 aliphatic heterocycles. The number of aromatic nitrogens is 2. The van der Waals surface area contributed by atoms with E-state index in [4.69, 9.17) is 18.8 Å². The summed E-state index contributed by atoms with van der Waals surface area (Å²) in [5.74, 6) is 1.29. The molecule has 0 radical (unpaired) electrons. The van der Waals surface area contributed by atoms with E-state index in [2.05, 4.69) is 37.9 Å². The largest absolute Gasteiger partial charge is 0.463 e. The second kappa shape index (κ2) is 6.07. The highest BCUT2D eigenvalue weighted by molar-refractivity contribution is 9.11. The van der Waals surface area contributed by atoms with Crippen LogP contribution in [0.5, 0.6) is 0 Å². The van der Waals surface area contributed by atoms with E-state index in [0.717, 1.165) is 30.8 Å². The summed E-state index contributed by atoms with van der Waals surface area (Å²) in [5, 5.41) is 2.13. The van der Waals surface area contributed by atoms with Crippen LogP contribution in [0.4, 0.5) is 0 Å². The van der Waals surface area contributed by atoms with Crippen LogP contribution in [0.1, 0.15) is 0 Å². The number of halogens is 2. The molecule has 0 bridgehead atoms. The first-order chi connectivity index (χ1) is 12.7. The van der Waals surface area contributed by atoms with Gasteiger partial charge in [-0.3, -0.25) is 0 Å². The molecule has 0 unspecified atom stereocenters. The summed E-state index contributed by atoms with van der Waals surface area (Å²) in [4.78, 5) is 9.73. The number of hydrogen-bond donors (Lipinski definition) is 0. The molecule has 5 rings (SSSR count). The first-order valence-corrected chi connectivity index (χ1v) is 9.47. The molecule has 0 N–H and O–H groups in total. The Morgan fingerprint density at radius 1 is 0.769 bits per heavy atom. The van der Waals surface area contributed by atoms with E-state index in [9.17, 15) is 0 Å². The Labute approximate surface area is 165 Å². The van der Waals surface area contributed by atoms with Gasteiger partial charge < -0.3 is 8.83 Å². The Kier molecular flexibility index (Phi) is 3.69. The maximum atomic E-state index is 5.59. The summed E-state index contributed by atoms with van der Waals surface area (Å²) >= 11 is 7.34. The van der Waals surface area contributed by atoms with Crippen LogP contribution in [0, 0.1) is 0 Å². The average molecular weight is 470 g/mol. The Hall–Kier alpha value is -2.44. The molecule has 0 aliphatic rings. The molecule has 126 valence electrons. The van der Waals surface area contributed by atoms with Crippen LogP contribution in [0.2, 0.25) is 0 Å². The van der Waals surface area contributed by atoms with Gasteiger partial charge in [-0.05, 0) is 57.7 Å². The Bertz CT molecular complexity index is 1250. The molecular formula is C20H10Br2N2O2. The monoisotopic (exact) mass is 468 g/mol. The molecule has 3 heterocycles. The van der Waals surface area contributed by atoms with E-state index in [1.807, 2.05) is 42.5 Å². The smallest absolute Gasteiger partial charge is 0.154 e. The number of furan rings is 2. The van der Waals surface area contributed by atoms with Crippen molar-refractivity contribution < 1.29 is 8.83 Å². The Balaban J connectivity index is 1.92. The molecule has 3 aromatic heterocycles. The molecular weight excluding hydrogens is 460 g/mol. The summed E-state index contributed by atoms with van der Waals surface area (Å²) in [5.41, 5.74) is 2.85. The van der Waals surface area contributed by atoms with Gasteiger partial charge in [0, 0.05) is 9.86 Å². The number of rotatable bonds is 2. The lowest BCUT2D eigenvalue weighted by molar-refractivity contribution is 0.572. The van der Waals surface area contributed by atoms with Crippen molar-refractivity contribution >= 4 is 53.7 Å². The molecule has 0 amide bonds. The maximum absolute atomic E-state index is 5.59. The lowest BCUT2D eigenvalue weighted by Gasteiger charge is -2.10. The zero-order valence-electron chi connectivity index (χ0n) is 13.2. The van der Waals surface area contributed by atoms with Crippen molar-refractivity contribution in [3.63, 3.8) is 0 Å². The standard InChI is InChI=1S/C20H10Br2N2O2/c21-12-5-1-4-11-10-13-18(17(22)16(11)12)24-20(15-7-3-9-26-15)19(23-13)14-6-2-8-25-14/h1-10H. The summed E-state index contributed by atoms with van der Waals surface area (Å²) in [6.07, 6.45) is 3.25. The minimum atomic E-state index is 0.643. The minimum Gasteiger partial charge on any atom is -0.463 e. The van der Waals surface area contributed by atoms with Crippen molar-refractivity contribution in [1.29, 1.82) is 0 Å². The Morgan fingerprint density at radius 2 is 1.46 bits per heavy atom. The molecule has 0 aliphatic carbocycles. The lowest BCUT2D eigenvalue weighted by atomic mass is 10.1. The van der Waals surface area contributed by atoms with E-state index >= 15 is 0 Å². The zero-order chi connectivity index (χ0) is 17.7. The number of fused-ring (bicyclic) bond motifs is 2. The van der Waals surface area contributed by atoms with Gasteiger partial charge in [0.15, 0.2) is 11.5 Å². The van der Waals surface area contributed by atoms with Crippen LogP contribution < -0.4 is 0 Å². The van der Waals surface area contributed by atoms with Crippen LogP contribution in [0.3, 0.4) is 0 Å². The van der Waals surface area contributed by atoms with Crippen molar-refractivity contribution in [3.05, 3.63) is 70.0 Å². The lowest BCUT2D eigenvalue weighted by Crippen LogP contribution is -1.95. The van der Waals surface area contributed by atoms with E-state index in [1.165, 1.54) is 0 Å². The van der Waals surface area contributed by atoms with Gasteiger partial charge in [-0.2, -0.15) is 0 Å². The normalized spacial score (nSPS) is 11.5. The highest BCUT2D eigenvalue weighted by Gasteiger charge is 2.19. The molecule has 0 atom stereocenters. The SMILES string of the molecule is Brc1cccc2cc3nc(-c4ccco4)c(-c4ccco4)nc3c(Br)c12. The molecule has 0 fully saturated rings. The van der Waals surface area contributed by atoms with Crippen molar-refractivity contribution in [2.45, 2.75) is 0 Å². The van der Waals surface area contributed by atoms with Crippen molar-refractivity contribution in [3.8, 4) is 22.9 Å². The minimum absolute atomic E-state index is 0.643. The average Bonchev–Trinajstić information content (AvgIpc) is 3.35. The molecule has 0 spiro atoms. The summed E-state index contributed by atoms with van der Waals surface area (Å²) in [6, 6.07) is 15.5. The second-order valence-corrected chi connectivity index (χ2v) is 7.42. The molecule has 6 heteroatoms. The Morgan fingerprint density at radius 3 is 2.12 bits per heavy atom. The van der Waals surface area contributed by atoms with Crippen LogP contribution >= 0.6 is 31.9 Å². The van der Waals surface area contributed by atoms with E-state index < -0.39 is 0 Å². The highest BCUT2D eigenvalue weighted by atomic mass is 79.9. The van der Waals surface area contributed by atoms with Crippen LogP contribution in [0.25, 0.3) is 44.7 Å². The topological polar surface area (TPSA) is 52.1 Å². The quantitative estimate of drug-likeness (QED) is 0.266. The third kappa shape index (κ3) is 2.40. The second-order valence-electron chi connectivity index (χ2n) is 5.77. The summed E-state index contributed by atoms with van der Waals surface area (Å²) in [6.45, 7) is 0. The first-order valence-electron chi connectivity index (χ1n) is 7.88. The number of hydrogen-bond acceptors (Lipinski definition) is 4. The first kappa shape index (κ1) is 15.8. The van der Waals surface area contributed by atoms with Gasteiger partial charge in [-0.1, -0.05) is 28.1 Å². The van der Waals surface area contributed by atoms with Crippen molar-refractivity contribution in [2.24, 2.45) is 0 Å². The molecule has 4 nitrogen and oxygen atoms in total. The van der Waals surface area contributed by atoms with Gasteiger partial charge >= 0.3 is 0 Å². The fourth-order valence-corrected chi connectivity index (χ4v) is 4.62. The third-order valence-electron chi connectivity index (χ3n) is 4.20. The van der Waals surface area contributed by atoms with Gasteiger partial charge in [0.2, 0.25) is 0 Å². The predicted molar refractivity (Wildman–Crippen MR) is 108 cm³/mol. The molecule has 5 aromatic rings. The summed E-state index contributed by atoms with van der Waals surface area (Å²) in [7, 11) is 0. The van der Waals surface area contributed by atoms with E-state index in [0.29, 0.717) is 22.9 Å². The molecule has 0 saturated carbocycles. The molecule has 26 heavy (non-hydrogen) atoms. The summed E-state index contributed by atoms with van der Waals surface area (Å²) < 4.78 is 13.1. The molecule has 2 aromatic carbocycles. The predicted octanol–water partition coefficient (Wildman–Crippen LogP) is 6.83. The van der Waals surface area contributed by atoms with Crippen LogP contribution in [0.15, 0.2) is 78.8 Å². The number of nitrogens with zero attached hydrogens (tertiary/aromatic N) is 2. The van der Waals surface area contributed by atoms with Gasteiger partial charge in [-0.15, -0.1) is 0 Å². The number of benzene rings is 2. The van der Waals surface area contributed by atoms with Gasteiger partial charge in [0.05, 0.1) is 22.5 Å².